The number of rotatable bonds is 9. The molecule has 0 saturated carbocycles. The molecule has 4 aliphatic rings. The first-order valence-corrected chi connectivity index (χ1v) is 18.7. The number of aliphatic imine (C=N–C) groups is 1. The molecule has 0 amide bonds. The zero-order valence-corrected chi connectivity index (χ0v) is 32.3. The van der Waals surface area contributed by atoms with Gasteiger partial charge in [0.25, 0.3) is 0 Å². The van der Waals surface area contributed by atoms with Crippen LogP contribution in [0.1, 0.15) is 79.1 Å². The van der Waals surface area contributed by atoms with Gasteiger partial charge in [-0.2, -0.15) is 0 Å². The summed E-state index contributed by atoms with van der Waals surface area (Å²) in [5.41, 5.74) is 3.92. The maximum absolute atomic E-state index is 13.8. The lowest BCUT2D eigenvalue weighted by atomic mass is 9.83. The summed E-state index contributed by atoms with van der Waals surface area (Å²) in [6, 6.07) is 3.32. The van der Waals surface area contributed by atoms with Gasteiger partial charge in [0.05, 0.1) is 38.3 Å². The Morgan fingerprint density at radius 3 is 2.57 bits per heavy atom. The van der Waals surface area contributed by atoms with Gasteiger partial charge in [-0.1, -0.05) is 45.9 Å². The van der Waals surface area contributed by atoms with E-state index < -0.39 is 60.2 Å². The predicted octanol–water partition coefficient (Wildman–Crippen LogP) is 5.35. The third-order valence-electron chi connectivity index (χ3n) is 10.3. The number of hydrogen-bond donors (Lipinski definition) is 2. The van der Waals surface area contributed by atoms with Gasteiger partial charge < -0.3 is 38.5 Å². The standard InChI is InChI=1S/C41H56N2O10/c1-23(2)16-27-18-35(45)52-37-36(53-40(47)41(37,7)22-44)26(6)11-12-28-13-14-31(42-28)38-43-32(34(51-38)21-50-39(27)46)19-29-30(25(5)10-9-15-48-8)20-49-33(29)17-24(3)4/h9-11,13-14,19,23-24,27,32-34,36-37,42,44H,12,15-18,20-22H2,1-8H3/b10-9+,26-11-,29-19-,30-25+/t27-,32?,33?,34?,36?,37?,41?/m0/s1. The number of nitrogens with one attached hydrogen (secondary N) is 1. The molecule has 5 heterocycles. The summed E-state index contributed by atoms with van der Waals surface area (Å²) in [6.07, 6.45) is 6.64. The summed E-state index contributed by atoms with van der Waals surface area (Å²) in [6.45, 7) is 13.9. The smallest absolute Gasteiger partial charge is 0.318 e. The molecule has 2 saturated heterocycles. The fraction of sp³-hybridized carbons (Fsp3) is 0.610. The predicted molar refractivity (Wildman–Crippen MR) is 198 cm³/mol. The number of cyclic esters (lactones) is 1. The molecule has 7 atom stereocenters. The molecule has 0 aliphatic carbocycles. The first-order valence-electron chi connectivity index (χ1n) is 18.7. The van der Waals surface area contributed by atoms with E-state index in [1.165, 1.54) is 6.92 Å². The number of hydrogen-bond acceptors (Lipinski definition) is 11. The number of carbonyl (C=O) groups excluding carboxylic acids is 3. The van der Waals surface area contributed by atoms with Crippen LogP contribution in [0.5, 0.6) is 0 Å². The molecule has 12 heteroatoms. The zero-order valence-electron chi connectivity index (χ0n) is 32.3. The largest absolute Gasteiger partial charge is 0.467 e. The summed E-state index contributed by atoms with van der Waals surface area (Å²) < 4.78 is 35.6. The van der Waals surface area contributed by atoms with Crippen molar-refractivity contribution in [2.45, 2.75) is 105 Å². The van der Waals surface area contributed by atoms with Gasteiger partial charge in [-0.15, -0.1) is 0 Å². The number of aromatic nitrogens is 1. The van der Waals surface area contributed by atoms with Gasteiger partial charge in [0.1, 0.15) is 23.8 Å². The molecule has 0 radical (unpaired) electrons. The van der Waals surface area contributed by atoms with Gasteiger partial charge >= 0.3 is 17.9 Å². The molecule has 1 aromatic rings. The van der Waals surface area contributed by atoms with E-state index in [1.54, 1.807) is 14.0 Å². The van der Waals surface area contributed by atoms with Crippen LogP contribution in [-0.2, 0) is 49.2 Å². The lowest BCUT2D eigenvalue weighted by molar-refractivity contribution is -0.164. The second-order valence-corrected chi connectivity index (χ2v) is 15.7. The number of H-pyrrole nitrogens is 1. The lowest BCUT2D eigenvalue weighted by Gasteiger charge is -2.28. The summed E-state index contributed by atoms with van der Waals surface area (Å²) >= 11 is 0. The molecule has 4 aliphatic heterocycles. The van der Waals surface area contributed by atoms with Crippen molar-refractivity contribution in [2.24, 2.45) is 28.2 Å². The Morgan fingerprint density at radius 2 is 1.87 bits per heavy atom. The molecular formula is C41H56N2O10. The number of nitrogens with zero attached hydrogens (tertiary/aromatic N) is 1. The number of esters is 3. The minimum Gasteiger partial charge on any atom is -0.467 e. The lowest BCUT2D eigenvalue weighted by Crippen LogP contribution is -2.43. The highest BCUT2D eigenvalue weighted by atomic mass is 16.6. The fourth-order valence-corrected chi connectivity index (χ4v) is 7.22. The van der Waals surface area contributed by atoms with Crippen LogP contribution in [0.15, 0.2) is 63.7 Å². The van der Waals surface area contributed by atoms with Crippen molar-refractivity contribution in [2.75, 3.05) is 33.5 Å². The number of aromatic amines is 1. The third-order valence-corrected chi connectivity index (χ3v) is 10.3. The molecule has 0 spiro atoms. The van der Waals surface area contributed by atoms with E-state index in [0.29, 0.717) is 49.1 Å². The molecule has 2 N–H and O–H groups in total. The number of fused-ring (bicyclic) bond motifs is 6. The molecule has 5 rings (SSSR count). The minimum atomic E-state index is -1.46. The number of aliphatic hydroxyl groups is 1. The van der Waals surface area contributed by atoms with Gasteiger partial charge in [-0.3, -0.25) is 14.4 Å². The molecule has 2 fully saturated rings. The number of allylic oxidation sites excluding steroid dienone is 3. The van der Waals surface area contributed by atoms with Crippen LogP contribution < -0.4 is 0 Å². The highest BCUT2D eigenvalue weighted by Crippen LogP contribution is 2.40. The number of ether oxygens (including phenoxy) is 6. The van der Waals surface area contributed by atoms with Crippen molar-refractivity contribution in [1.29, 1.82) is 0 Å². The molecule has 12 nitrogen and oxygen atoms in total. The second kappa shape index (κ2) is 17.4. The molecule has 290 valence electrons. The summed E-state index contributed by atoms with van der Waals surface area (Å²) in [7, 11) is 1.66. The average molecular weight is 737 g/mol. The number of aliphatic hydroxyl groups excluding tert-OH is 1. The van der Waals surface area contributed by atoms with Gasteiger partial charge in [-0.25, -0.2) is 4.99 Å². The van der Waals surface area contributed by atoms with Crippen molar-refractivity contribution in [3.05, 3.63) is 70.1 Å². The van der Waals surface area contributed by atoms with Crippen LogP contribution in [0.2, 0.25) is 0 Å². The topological polar surface area (TPSA) is 155 Å². The zero-order chi connectivity index (χ0) is 38.4. The normalized spacial score (nSPS) is 32.5. The maximum Gasteiger partial charge on any atom is 0.318 e. The van der Waals surface area contributed by atoms with Gasteiger partial charge in [0, 0.05) is 19.2 Å². The van der Waals surface area contributed by atoms with Gasteiger partial charge in [0.15, 0.2) is 18.3 Å². The Kier molecular flexibility index (Phi) is 13.2. The van der Waals surface area contributed by atoms with Crippen molar-refractivity contribution < 1.29 is 47.9 Å². The first-order chi connectivity index (χ1) is 25.2. The van der Waals surface area contributed by atoms with Crippen LogP contribution in [0.25, 0.3) is 0 Å². The highest BCUT2D eigenvalue weighted by Gasteiger charge is 2.57. The number of carbonyl (C=O) groups is 3. The van der Waals surface area contributed by atoms with Crippen molar-refractivity contribution >= 4 is 23.8 Å². The molecule has 0 aromatic carbocycles. The number of methoxy groups -OCH3 is 1. The Morgan fingerprint density at radius 1 is 1.11 bits per heavy atom. The van der Waals surface area contributed by atoms with Gasteiger partial charge in [-0.05, 0) is 85.9 Å². The quantitative estimate of drug-likeness (QED) is 0.193. The summed E-state index contributed by atoms with van der Waals surface area (Å²) in [5, 5.41) is 10.3. The van der Waals surface area contributed by atoms with E-state index >= 15 is 0 Å². The van der Waals surface area contributed by atoms with Crippen LogP contribution in [0.4, 0.5) is 0 Å². The molecule has 4 bridgehead atoms. The Balaban J connectivity index is 1.53. The van der Waals surface area contributed by atoms with E-state index in [1.807, 2.05) is 44.2 Å². The van der Waals surface area contributed by atoms with Crippen LogP contribution in [0, 0.1) is 23.2 Å². The van der Waals surface area contributed by atoms with E-state index in [4.69, 9.17) is 33.4 Å². The van der Waals surface area contributed by atoms with E-state index in [9.17, 15) is 19.5 Å². The second-order valence-electron chi connectivity index (χ2n) is 15.7. The van der Waals surface area contributed by atoms with Crippen molar-refractivity contribution in [3.63, 3.8) is 0 Å². The van der Waals surface area contributed by atoms with Gasteiger partial charge in [0.2, 0.25) is 5.90 Å². The Labute approximate surface area is 312 Å². The minimum absolute atomic E-state index is 0.0686. The first kappa shape index (κ1) is 40.2. The molecule has 53 heavy (non-hydrogen) atoms. The van der Waals surface area contributed by atoms with E-state index in [2.05, 4.69) is 31.8 Å². The van der Waals surface area contributed by atoms with Crippen LogP contribution >= 0.6 is 0 Å². The highest BCUT2D eigenvalue weighted by molar-refractivity contribution is 5.94. The Hall–Kier alpha value is -4.00. The third kappa shape index (κ3) is 9.39. The van der Waals surface area contributed by atoms with Crippen molar-refractivity contribution in [1.82, 2.24) is 4.98 Å². The van der Waals surface area contributed by atoms with Crippen molar-refractivity contribution in [3.8, 4) is 0 Å². The monoisotopic (exact) mass is 736 g/mol. The van der Waals surface area contributed by atoms with Crippen LogP contribution in [-0.4, -0.2) is 97.9 Å². The van der Waals surface area contributed by atoms with E-state index in [0.717, 1.165) is 28.8 Å². The summed E-state index contributed by atoms with van der Waals surface area (Å²) in [4.78, 5) is 48.7. The van der Waals surface area contributed by atoms with E-state index in [-0.39, 0.29) is 25.0 Å². The maximum atomic E-state index is 13.8. The summed E-state index contributed by atoms with van der Waals surface area (Å²) in [5.74, 6) is -1.85. The molecule has 6 unspecified atom stereocenters. The molecular weight excluding hydrogens is 680 g/mol. The Bertz CT molecular complexity index is 1670. The fourth-order valence-electron chi connectivity index (χ4n) is 7.22. The molecule has 1 aromatic heterocycles. The average Bonchev–Trinajstić information content (AvgIpc) is 3.89. The van der Waals surface area contributed by atoms with Crippen LogP contribution in [0.3, 0.4) is 0 Å². The SMILES string of the molecule is COC/C=C/C(C)=C1\COC(CC(C)C)\C1=C/C1N=C2OC1COC(=O)[C@@H](CC(C)C)CC(=O)OC1C(OC(=O)C1(C)CO)/C(C)=C\Cc1ccc2[nH]1.